The number of nitrogens with zero attached hydrogens (tertiary/aromatic N) is 3. The Hall–Kier alpha value is -1.82. The molecule has 16 heavy (non-hydrogen) atoms. The quantitative estimate of drug-likeness (QED) is 0.668. The smallest absolute Gasteiger partial charge is 0.274 e. The van der Waals surface area contributed by atoms with E-state index in [4.69, 9.17) is 10.8 Å². The van der Waals surface area contributed by atoms with Gasteiger partial charge in [0.1, 0.15) is 5.69 Å². The fraction of sp³-hybridized carbons (Fsp3) is 0.400. The molecular weight excluding hydrogens is 208 g/mol. The van der Waals surface area contributed by atoms with Crippen molar-refractivity contribution in [2.75, 3.05) is 25.4 Å². The van der Waals surface area contributed by atoms with Crippen LogP contribution in [0.2, 0.25) is 0 Å². The van der Waals surface area contributed by atoms with Crippen LogP contribution in [0.1, 0.15) is 10.5 Å². The van der Waals surface area contributed by atoms with Gasteiger partial charge in [-0.1, -0.05) is 6.08 Å². The molecule has 0 saturated heterocycles. The second kappa shape index (κ2) is 5.32. The molecule has 1 aromatic rings. The number of aliphatic hydroxyl groups excluding tert-OH is 1. The maximum absolute atomic E-state index is 12.1. The van der Waals surface area contributed by atoms with Crippen molar-refractivity contribution in [1.29, 1.82) is 0 Å². The van der Waals surface area contributed by atoms with E-state index in [-0.39, 0.29) is 19.1 Å². The van der Waals surface area contributed by atoms with Crippen LogP contribution in [0.4, 0.5) is 5.69 Å². The van der Waals surface area contributed by atoms with Crippen LogP contribution in [-0.2, 0) is 7.05 Å². The Bertz CT molecular complexity index is 367. The molecule has 3 N–H and O–H groups in total. The Morgan fingerprint density at radius 3 is 2.94 bits per heavy atom. The van der Waals surface area contributed by atoms with Gasteiger partial charge in [-0.2, -0.15) is 5.10 Å². The van der Waals surface area contributed by atoms with Crippen molar-refractivity contribution in [1.82, 2.24) is 14.7 Å². The second-order valence-corrected chi connectivity index (χ2v) is 3.34. The Kier molecular flexibility index (Phi) is 4.07. The van der Waals surface area contributed by atoms with E-state index in [1.54, 1.807) is 13.1 Å². The van der Waals surface area contributed by atoms with Gasteiger partial charge < -0.3 is 15.7 Å². The van der Waals surface area contributed by atoms with Gasteiger partial charge in [0.05, 0.1) is 18.5 Å². The Balaban J connectivity index is 2.93. The molecule has 0 spiro atoms. The molecule has 6 nitrogen and oxygen atoms in total. The van der Waals surface area contributed by atoms with E-state index in [9.17, 15) is 4.79 Å². The summed E-state index contributed by atoms with van der Waals surface area (Å²) in [5.41, 5.74) is 6.32. The first kappa shape index (κ1) is 12.3. The number of nitrogen functional groups attached to an aromatic ring is 1. The molecule has 1 rings (SSSR count). The lowest BCUT2D eigenvalue weighted by Gasteiger charge is -2.20. The predicted molar refractivity (Wildman–Crippen MR) is 60.8 cm³/mol. The molecule has 0 aliphatic heterocycles. The molecule has 0 aliphatic carbocycles. The van der Waals surface area contributed by atoms with Gasteiger partial charge in [-0.3, -0.25) is 9.48 Å². The fourth-order valence-electron chi connectivity index (χ4n) is 1.42. The van der Waals surface area contributed by atoms with Crippen molar-refractivity contribution in [2.45, 2.75) is 0 Å². The van der Waals surface area contributed by atoms with Gasteiger partial charge in [-0.25, -0.2) is 0 Å². The third-order valence-corrected chi connectivity index (χ3v) is 2.18. The molecule has 1 amide bonds. The number of nitrogens with two attached hydrogens (primary N) is 1. The van der Waals surface area contributed by atoms with Crippen LogP contribution in [0.15, 0.2) is 18.9 Å². The first-order valence-corrected chi connectivity index (χ1v) is 4.90. The third-order valence-electron chi connectivity index (χ3n) is 2.18. The number of amides is 1. The number of aromatic nitrogens is 2. The van der Waals surface area contributed by atoms with Crippen molar-refractivity contribution in [3.05, 3.63) is 24.5 Å². The van der Waals surface area contributed by atoms with Crippen molar-refractivity contribution < 1.29 is 9.90 Å². The molecule has 1 heterocycles. The van der Waals surface area contributed by atoms with Crippen LogP contribution in [-0.4, -0.2) is 45.4 Å². The maximum Gasteiger partial charge on any atom is 0.274 e. The summed E-state index contributed by atoms with van der Waals surface area (Å²) in [7, 11) is 1.65. The van der Waals surface area contributed by atoms with Crippen LogP contribution >= 0.6 is 0 Å². The number of anilines is 1. The number of carbonyl (C=O) groups is 1. The number of rotatable bonds is 5. The van der Waals surface area contributed by atoms with Crippen molar-refractivity contribution in [3.63, 3.8) is 0 Å². The van der Waals surface area contributed by atoms with Crippen molar-refractivity contribution >= 4 is 11.6 Å². The SMILES string of the molecule is C=CCN(CCO)C(=O)c1c(N)cnn1C. The highest BCUT2D eigenvalue weighted by atomic mass is 16.3. The molecule has 0 bridgehead atoms. The highest BCUT2D eigenvalue weighted by Gasteiger charge is 2.20. The zero-order valence-electron chi connectivity index (χ0n) is 9.26. The lowest BCUT2D eigenvalue weighted by molar-refractivity contribution is 0.0733. The average Bonchev–Trinajstić information content (AvgIpc) is 2.57. The third kappa shape index (κ3) is 2.40. The number of aliphatic hydroxyl groups is 1. The molecule has 88 valence electrons. The normalized spacial score (nSPS) is 10.1. The zero-order chi connectivity index (χ0) is 12.1. The van der Waals surface area contributed by atoms with Gasteiger partial charge in [0, 0.05) is 20.1 Å². The summed E-state index contributed by atoms with van der Waals surface area (Å²) in [4.78, 5) is 13.5. The van der Waals surface area contributed by atoms with E-state index in [1.807, 2.05) is 0 Å². The summed E-state index contributed by atoms with van der Waals surface area (Å²) in [6.45, 7) is 4.07. The lowest BCUT2D eigenvalue weighted by Crippen LogP contribution is -2.35. The maximum atomic E-state index is 12.1. The minimum atomic E-state index is -0.258. The summed E-state index contributed by atoms with van der Waals surface area (Å²) >= 11 is 0. The standard InChI is InChI=1S/C10H16N4O2/c1-3-4-14(5-6-15)10(16)9-8(11)7-12-13(9)2/h3,7,15H,1,4-6,11H2,2H3. The van der Waals surface area contributed by atoms with Gasteiger partial charge in [0.15, 0.2) is 0 Å². The molecule has 0 saturated carbocycles. The van der Waals surface area contributed by atoms with Crippen LogP contribution in [0.25, 0.3) is 0 Å². The molecule has 0 atom stereocenters. The minimum absolute atomic E-state index is 0.0999. The largest absolute Gasteiger partial charge is 0.396 e. The van der Waals surface area contributed by atoms with Gasteiger partial charge in [-0.05, 0) is 0 Å². The van der Waals surface area contributed by atoms with Crippen LogP contribution < -0.4 is 5.73 Å². The lowest BCUT2D eigenvalue weighted by atomic mass is 10.3. The summed E-state index contributed by atoms with van der Waals surface area (Å²) < 4.78 is 1.42. The summed E-state index contributed by atoms with van der Waals surface area (Å²) in [5.74, 6) is -0.258. The highest BCUT2D eigenvalue weighted by Crippen LogP contribution is 2.12. The molecule has 0 aromatic carbocycles. The summed E-state index contributed by atoms with van der Waals surface area (Å²) in [6.07, 6.45) is 3.03. The first-order chi connectivity index (χ1) is 7.61. The highest BCUT2D eigenvalue weighted by molar-refractivity contribution is 5.97. The Morgan fingerprint density at radius 1 is 1.81 bits per heavy atom. The number of hydrogen-bond donors (Lipinski definition) is 2. The first-order valence-electron chi connectivity index (χ1n) is 4.90. The van der Waals surface area contributed by atoms with E-state index >= 15 is 0 Å². The predicted octanol–water partition coefficient (Wildman–Crippen LogP) is -0.377. The number of carbonyl (C=O) groups excluding carboxylic acids is 1. The molecule has 1 aromatic heterocycles. The second-order valence-electron chi connectivity index (χ2n) is 3.34. The Morgan fingerprint density at radius 2 is 2.50 bits per heavy atom. The summed E-state index contributed by atoms with van der Waals surface area (Å²) in [5, 5.41) is 12.8. The Labute approximate surface area is 94.0 Å². The van der Waals surface area contributed by atoms with Crippen LogP contribution in [0, 0.1) is 0 Å². The summed E-state index contributed by atoms with van der Waals surface area (Å²) in [6, 6.07) is 0. The van der Waals surface area contributed by atoms with E-state index < -0.39 is 0 Å². The molecule has 0 aliphatic rings. The van der Waals surface area contributed by atoms with E-state index in [0.29, 0.717) is 17.9 Å². The van der Waals surface area contributed by atoms with Crippen LogP contribution in [0.5, 0.6) is 0 Å². The van der Waals surface area contributed by atoms with Gasteiger partial charge in [-0.15, -0.1) is 6.58 Å². The van der Waals surface area contributed by atoms with E-state index in [1.165, 1.54) is 15.8 Å². The average molecular weight is 224 g/mol. The molecule has 6 heteroatoms. The topological polar surface area (TPSA) is 84.4 Å². The molecule has 0 fully saturated rings. The molecular formula is C10H16N4O2. The minimum Gasteiger partial charge on any atom is -0.396 e. The zero-order valence-corrected chi connectivity index (χ0v) is 9.26. The fourth-order valence-corrected chi connectivity index (χ4v) is 1.42. The van der Waals surface area contributed by atoms with Gasteiger partial charge in [0.25, 0.3) is 5.91 Å². The molecule has 0 unspecified atom stereocenters. The van der Waals surface area contributed by atoms with Crippen molar-refractivity contribution in [2.24, 2.45) is 7.05 Å². The van der Waals surface area contributed by atoms with Crippen LogP contribution in [0.3, 0.4) is 0 Å². The monoisotopic (exact) mass is 224 g/mol. The van der Waals surface area contributed by atoms with Gasteiger partial charge in [0.2, 0.25) is 0 Å². The molecule has 0 radical (unpaired) electrons. The van der Waals surface area contributed by atoms with E-state index in [0.717, 1.165) is 0 Å². The van der Waals surface area contributed by atoms with Gasteiger partial charge >= 0.3 is 0 Å². The number of hydrogen-bond acceptors (Lipinski definition) is 4. The number of aryl methyl sites for hydroxylation is 1. The van der Waals surface area contributed by atoms with E-state index in [2.05, 4.69) is 11.7 Å². The van der Waals surface area contributed by atoms with Crippen molar-refractivity contribution in [3.8, 4) is 0 Å².